The van der Waals surface area contributed by atoms with E-state index in [4.69, 9.17) is 4.74 Å². The molecule has 0 aromatic heterocycles. The number of carbonyl (C=O) groups excluding carboxylic acids is 1. The van der Waals surface area contributed by atoms with Crippen molar-refractivity contribution in [1.82, 2.24) is 5.32 Å². The third kappa shape index (κ3) is 5.81. The summed E-state index contributed by atoms with van der Waals surface area (Å²) in [7, 11) is -3.87. The second kappa shape index (κ2) is 10.2. The van der Waals surface area contributed by atoms with E-state index in [1.54, 1.807) is 25.1 Å². The van der Waals surface area contributed by atoms with Crippen LogP contribution in [0.25, 0.3) is 10.8 Å². The van der Waals surface area contributed by atoms with Crippen LogP contribution in [0.3, 0.4) is 0 Å². The Hall–Kier alpha value is -3.84. The zero-order valence-electron chi connectivity index (χ0n) is 20.0. The van der Waals surface area contributed by atoms with Gasteiger partial charge in [0.2, 0.25) is 0 Å². The quantitative estimate of drug-likeness (QED) is 0.326. The van der Waals surface area contributed by atoms with Crippen molar-refractivity contribution in [2.75, 3.05) is 17.9 Å². The van der Waals surface area contributed by atoms with Gasteiger partial charge >= 0.3 is 0 Å². The van der Waals surface area contributed by atoms with Gasteiger partial charge in [-0.3, -0.25) is 9.52 Å². The Bertz CT molecular complexity index is 1500. The third-order valence-electron chi connectivity index (χ3n) is 5.74. The SMILES string of the molecule is Cc1ccc(NS(=O)(=O)c2cc(C(=O)NCCOc3ccc4ccccc4c3)ccc2C)c(C)c1. The monoisotopic (exact) mass is 488 g/mol. The van der Waals surface area contributed by atoms with Crippen LogP contribution < -0.4 is 14.8 Å². The van der Waals surface area contributed by atoms with E-state index in [1.807, 2.05) is 68.4 Å². The van der Waals surface area contributed by atoms with Crippen LogP contribution in [-0.4, -0.2) is 27.5 Å². The van der Waals surface area contributed by atoms with Crippen LogP contribution in [0.2, 0.25) is 0 Å². The third-order valence-corrected chi connectivity index (χ3v) is 7.25. The van der Waals surface area contributed by atoms with Gasteiger partial charge < -0.3 is 10.1 Å². The first-order valence-electron chi connectivity index (χ1n) is 11.3. The molecule has 0 unspecified atom stereocenters. The van der Waals surface area contributed by atoms with Gasteiger partial charge in [-0.25, -0.2) is 8.42 Å². The van der Waals surface area contributed by atoms with Crippen LogP contribution in [0.4, 0.5) is 5.69 Å². The van der Waals surface area contributed by atoms with E-state index in [-0.39, 0.29) is 29.5 Å². The number of ether oxygens (including phenoxy) is 1. The first kappa shape index (κ1) is 24.3. The molecule has 4 aromatic rings. The Morgan fingerprint density at radius 1 is 0.829 bits per heavy atom. The first-order chi connectivity index (χ1) is 16.7. The molecule has 4 aromatic carbocycles. The van der Waals surface area contributed by atoms with Crippen molar-refractivity contribution in [3.05, 3.63) is 101 Å². The highest BCUT2D eigenvalue weighted by atomic mass is 32.2. The average molecular weight is 489 g/mol. The second-order valence-corrected chi connectivity index (χ2v) is 10.2. The minimum Gasteiger partial charge on any atom is -0.492 e. The summed E-state index contributed by atoms with van der Waals surface area (Å²) in [6.07, 6.45) is 0. The van der Waals surface area contributed by atoms with E-state index in [9.17, 15) is 13.2 Å². The van der Waals surface area contributed by atoms with Crippen molar-refractivity contribution in [3.63, 3.8) is 0 Å². The number of hydrogen-bond donors (Lipinski definition) is 2. The smallest absolute Gasteiger partial charge is 0.262 e. The fourth-order valence-corrected chi connectivity index (χ4v) is 5.25. The molecule has 0 radical (unpaired) electrons. The molecule has 0 saturated carbocycles. The Labute approximate surface area is 206 Å². The summed E-state index contributed by atoms with van der Waals surface area (Å²) >= 11 is 0. The normalized spacial score (nSPS) is 11.3. The van der Waals surface area contributed by atoms with Crippen molar-refractivity contribution in [2.24, 2.45) is 0 Å². The van der Waals surface area contributed by atoms with Gasteiger partial charge in [0.25, 0.3) is 15.9 Å². The Kier molecular flexibility index (Phi) is 7.07. The lowest BCUT2D eigenvalue weighted by Gasteiger charge is -2.14. The minimum absolute atomic E-state index is 0.0672. The number of fused-ring (bicyclic) bond motifs is 1. The maximum absolute atomic E-state index is 13.1. The molecule has 0 fully saturated rings. The molecule has 7 heteroatoms. The van der Waals surface area contributed by atoms with Crippen molar-refractivity contribution in [1.29, 1.82) is 0 Å². The second-order valence-electron chi connectivity index (χ2n) is 8.52. The molecule has 6 nitrogen and oxygen atoms in total. The maximum atomic E-state index is 13.1. The lowest BCUT2D eigenvalue weighted by atomic mass is 10.1. The maximum Gasteiger partial charge on any atom is 0.262 e. The average Bonchev–Trinajstić information content (AvgIpc) is 2.83. The van der Waals surface area contributed by atoms with E-state index in [1.165, 1.54) is 6.07 Å². The largest absolute Gasteiger partial charge is 0.492 e. The molecule has 0 aliphatic rings. The van der Waals surface area contributed by atoms with E-state index in [0.717, 1.165) is 27.6 Å². The van der Waals surface area contributed by atoms with Crippen molar-refractivity contribution >= 4 is 32.4 Å². The predicted octanol–water partition coefficient (Wildman–Crippen LogP) is 5.37. The van der Waals surface area contributed by atoms with Gasteiger partial charge in [0, 0.05) is 5.56 Å². The fraction of sp³-hybridized carbons (Fsp3) is 0.179. The predicted molar refractivity (Wildman–Crippen MR) is 140 cm³/mol. The minimum atomic E-state index is -3.87. The Morgan fingerprint density at radius 2 is 1.60 bits per heavy atom. The standard InChI is InChI=1S/C28H28N2O4S/c1-19-8-13-26(21(3)16-19)30-35(32,33)27-18-24(10-9-20(27)2)28(31)29-14-15-34-25-12-11-22-6-4-5-7-23(22)17-25/h4-13,16-18,30H,14-15H2,1-3H3,(H,29,31). The van der Waals surface area contributed by atoms with Gasteiger partial charge in [-0.2, -0.15) is 0 Å². The number of aryl methyl sites for hydroxylation is 3. The molecular formula is C28H28N2O4S. The van der Waals surface area contributed by atoms with Gasteiger partial charge in [0.15, 0.2) is 0 Å². The molecule has 0 atom stereocenters. The van der Waals surface area contributed by atoms with Gasteiger partial charge in [0.05, 0.1) is 17.1 Å². The zero-order valence-corrected chi connectivity index (χ0v) is 20.8. The summed E-state index contributed by atoms with van der Waals surface area (Å²) in [4.78, 5) is 12.8. The number of sulfonamides is 1. The Balaban J connectivity index is 1.40. The van der Waals surface area contributed by atoms with E-state index < -0.39 is 10.0 Å². The van der Waals surface area contributed by atoms with Crippen LogP contribution in [-0.2, 0) is 10.0 Å². The van der Waals surface area contributed by atoms with Gasteiger partial charge in [0.1, 0.15) is 12.4 Å². The summed E-state index contributed by atoms with van der Waals surface area (Å²) in [6, 6.07) is 24.0. The number of amides is 1. The molecule has 35 heavy (non-hydrogen) atoms. The number of rotatable bonds is 8. The first-order valence-corrected chi connectivity index (χ1v) is 12.8. The summed E-state index contributed by atoms with van der Waals surface area (Å²) < 4.78 is 34.6. The van der Waals surface area contributed by atoms with E-state index in [2.05, 4.69) is 10.0 Å². The molecular weight excluding hydrogens is 460 g/mol. The molecule has 0 aliphatic carbocycles. The molecule has 180 valence electrons. The molecule has 0 bridgehead atoms. The van der Waals surface area contributed by atoms with Crippen LogP contribution in [0.15, 0.2) is 83.8 Å². The van der Waals surface area contributed by atoms with Gasteiger partial charge in [-0.05, 0) is 73.0 Å². The number of hydrogen-bond acceptors (Lipinski definition) is 4. The molecule has 4 rings (SSSR count). The number of benzene rings is 4. The topological polar surface area (TPSA) is 84.5 Å². The number of carbonyl (C=O) groups is 1. The molecule has 0 spiro atoms. The molecule has 0 aliphatic heterocycles. The van der Waals surface area contributed by atoms with E-state index >= 15 is 0 Å². The summed E-state index contributed by atoms with van der Waals surface area (Å²) in [6.45, 7) is 6.07. The summed E-state index contributed by atoms with van der Waals surface area (Å²) in [5.74, 6) is 0.356. The Morgan fingerprint density at radius 3 is 2.37 bits per heavy atom. The lowest BCUT2D eigenvalue weighted by Crippen LogP contribution is -2.28. The lowest BCUT2D eigenvalue weighted by molar-refractivity contribution is 0.0947. The van der Waals surface area contributed by atoms with Crippen LogP contribution in [0.1, 0.15) is 27.0 Å². The van der Waals surface area contributed by atoms with Gasteiger partial charge in [-0.1, -0.05) is 54.1 Å². The zero-order chi connectivity index (χ0) is 25.0. The molecule has 2 N–H and O–H groups in total. The van der Waals surface area contributed by atoms with Crippen molar-refractivity contribution in [3.8, 4) is 5.75 Å². The molecule has 0 saturated heterocycles. The van der Waals surface area contributed by atoms with Crippen LogP contribution in [0, 0.1) is 20.8 Å². The number of anilines is 1. The fourth-order valence-electron chi connectivity index (χ4n) is 3.85. The molecule has 0 heterocycles. The highest BCUT2D eigenvalue weighted by Gasteiger charge is 2.20. The van der Waals surface area contributed by atoms with Crippen LogP contribution in [0.5, 0.6) is 5.75 Å². The summed E-state index contributed by atoms with van der Waals surface area (Å²) in [5.41, 5.74) is 3.20. The highest BCUT2D eigenvalue weighted by molar-refractivity contribution is 7.92. The van der Waals surface area contributed by atoms with Crippen LogP contribution >= 0.6 is 0 Å². The molecule has 1 amide bonds. The summed E-state index contributed by atoms with van der Waals surface area (Å²) in [5, 5.41) is 5.00. The van der Waals surface area contributed by atoms with E-state index in [0.29, 0.717) is 11.3 Å². The van der Waals surface area contributed by atoms with Crippen molar-refractivity contribution in [2.45, 2.75) is 25.7 Å². The highest BCUT2D eigenvalue weighted by Crippen LogP contribution is 2.24. The van der Waals surface area contributed by atoms with Crippen molar-refractivity contribution < 1.29 is 17.9 Å². The number of nitrogens with one attached hydrogen (secondary N) is 2. The van der Waals surface area contributed by atoms with Gasteiger partial charge in [-0.15, -0.1) is 0 Å².